The molecule has 2 rings (SSSR count). The van der Waals surface area contributed by atoms with E-state index in [0.717, 1.165) is 0 Å². The van der Waals surface area contributed by atoms with E-state index in [1.54, 1.807) is 0 Å². The van der Waals surface area contributed by atoms with Gasteiger partial charge in [0.05, 0.1) is 12.3 Å². The maximum Gasteiger partial charge on any atom is 0.347 e. The molecule has 5 nitrogen and oxygen atoms in total. The highest BCUT2D eigenvalue weighted by Crippen LogP contribution is 2.27. The van der Waals surface area contributed by atoms with Gasteiger partial charge in [0.15, 0.2) is 5.13 Å². The molecule has 2 aromatic rings. The van der Waals surface area contributed by atoms with Gasteiger partial charge in [-0.1, -0.05) is 35.6 Å². The van der Waals surface area contributed by atoms with Crippen LogP contribution in [-0.4, -0.2) is 30.2 Å². The molecule has 0 saturated carbocycles. The quantitative estimate of drug-likeness (QED) is 0.889. The monoisotopic (exact) mass is 306 g/mol. The fraction of sp³-hybridized carbons (Fsp3) is 0.333. The molecule has 0 atom stereocenters. The van der Waals surface area contributed by atoms with Crippen LogP contribution >= 0.6 is 11.3 Å². The number of hydrogen-bond acceptors (Lipinski definition) is 5. The van der Waals surface area contributed by atoms with Gasteiger partial charge < -0.3 is 14.7 Å². The Balaban J connectivity index is 2.23. The highest BCUT2D eigenvalue weighted by molar-refractivity contribution is 7.17. The number of hydrogen-bond donors (Lipinski definition) is 1. The lowest BCUT2D eigenvalue weighted by atomic mass is 10.1. The lowest BCUT2D eigenvalue weighted by Crippen LogP contribution is -2.16. The maximum atomic E-state index is 11.2. The van der Waals surface area contributed by atoms with Gasteiger partial charge in [-0.2, -0.15) is 0 Å². The van der Waals surface area contributed by atoms with Crippen molar-refractivity contribution in [2.45, 2.75) is 20.1 Å². The molecular weight excluding hydrogens is 288 g/mol. The normalized spacial score (nSPS) is 10.6. The Morgan fingerprint density at radius 2 is 2.14 bits per heavy atom. The van der Waals surface area contributed by atoms with E-state index in [-0.39, 0.29) is 11.5 Å². The summed E-state index contributed by atoms with van der Waals surface area (Å²) in [7, 11) is 3.44. The second-order valence-corrected chi connectivity index (χ2v) is 5.77. The van der Waals surface area contributed by atoms with Crippen LogP contribution in [0.15, 0.2) is 24.3 Å². The summed E-state index contributed by atoms with van der Waals surface area (Å²) in [6.45, 7) is 2.95. The number of aromatic carboxylic acids is 1. The molecule has 0 unspecified atom stereocenters. The number of ether oxygens (including phenoxy) is 1. The Morgan fingerprint density at radius 3 is 2.76 bits per heavy atom. The molecule has 112 valence electrons. The number of methoxy groups -OCH3 is 1. The van der Waals surface area contributed by atoms with E-state index < -0.39 is 5.97 Å². The van der Waals surface area contributed by atoms with Gasteiger partial charge in [0.1, 0.15) is 4.88 Å². The number of carbonyl (C=O) groups is 1. The molecule has 0 radical (unpaired) electrons. The number of anilines is 1. The minimum Gasteiger partial charge on any atom is -0.477 e. The van der Waals surface area contributed by atoms with Crippen molar-refractivity contribution in [2.75, 3.05) is 19.1 Å². The molecule has 0 aliphatic heterocycles. The Morgan fingerprint density at radius 1 is 1.43 bits per heavy atom. The zero-order valence-electron chi connectivity index (χ0n) is 12.3. The summed E-state index contributed by atoms with van der Waals surface area (Å²) in [6, 6.07) is 8.12. The van der Waals surface area contributed by atoms with Crippen LogP contribution in [0.3, 0.4) is 0 Å². The Labute approximate surface area is 127 Å². The summed E-state index contributed by atoms with van der Waals surface area (Å²) in [4.78, 5) is 17.8. The third-order valence-electron chi connectivity index (χ3n) is 3.16. The van der Waals surface area contributed by atoms with E-state index >= 15 is 0 Å². The van der Waals surface area contributed by atoms with Gasteiger partial charge in [-0.15, -0.1) is 0 Å². The molecule has 0 aliphatic rings. The summed E-state index contributed by atoms with van der Waals surface area (Å²) in [6.07, 6.45) is 0. The second kappa shape index (κ2) is 6.69. The van der Waals surface area contributed by atoms with Crippen molar-refractivity contribution in [3.05, 3.63) is 46.0 Å². The van der Waals surface area contributed by atoms with Gasteiger partial charge in [-0.25, -0.2) is 9.78 Å². The van der Waals surface area contributed by atoms with Gasteiger partial charge in [0, 0.05) is 20.7 Å². The van der Waals surface area contributed by atoms with Crippen LogP contribution in [0.4, 0.5) is 5.13 Å². The number of carboxylic acids is 1. The van der Waals surface area contributed by atoms with E-state index in [1.165, 1.54) is 29.6 Å². The summed E-state index contributed by atoms with van der Waals surface area (Å²) in [5.41, 5.74) is 2.87. The van der Waals surface area contributed by atoms with Crippen LogP contribution in [0.25, 0.3) is 0 Å². The number of carboxylic acid groups (broad SMARTS) is 1. The average Bonchev–Trinajstić information content (AvgIpc) is 2.86. The molecule has 1 heterocycles. The van der Waals surface area contributed by atoms with Crippen LogP contribution in [0.2, 0.25) is 0 Å². The highest BCUT2D eigenvalue weighted by Gasteiger charge is 2.19. The van der Waals surface area contributed by atoms with Crippen molar-refractivity contribution in [3.63, 3.8) is 0 Å². The molecule has 21 heavy (non-hydrogen) atoms. The molecule has 1 aromatic carbocycles. The Kier molecular flexibility index (Phi) is 4.93. The number of rotatable bonds is 6. The molecular formula is C15H18N2O3S. The summed E-state index contributed by atoms with van der Waals surface area (Å²) < 4.78 is 5.01. The summed E-state index contributed by atoms with van der Waals surface area (Å²) >= 11 is 1.18. The zero-order chi connectivity index (χ0) is 15.4. The van der Waals surface area contributed by atoms with Crippen LogP contribution < -0.4 is 4.90 Å². The summed E-state index contributed by atoms with van der Waals surface area (Å²) in [5.74, 6) is -0.963. The summed E-state index contributed by atoms with van der Waals surface area (Å²) in [5, 5.41) is 9.90. The van der Waals surface area contributed by atoms with E-state index in [1.807, 2.05) is 24.1 Å². The van der Waals surface area contributed by atoms with Gasteiger partial charge in [-0.05, 0) is 18.1 Å². The number of aryl methyl sites for hydroxylation is 1. The van der Waals surface area contributed by atoms with E-state index in [9.17, 15) is 9.90 Å². The molecule has 0 bridgehead atoms. The molecule has 1 aromatic heterocycles. The molecule has 6 heteroatoms. The van der Waals surface area contributed by atoms with E-state index in [4.69, 9.17) is 4.74 Å². The van der Waals surface area contributed by atoms with Gasteiger partial charge >= 0.3 is 5.97 Å². The minimum atomic E-state index is -0.963. The molecule has 0 amide bonds. The topological polar surface area (TPSA) is 62.7 Å². The number of nitrogens with zero attached hydrogens (tertiary/aromatic N) is 2. The number of aromatic nitrogens is 1. The lowest BCUT2D eigenvalue weighted by Gasteiger charge is -2.17. The van der Waals surface area contributed by atoms with Crippen molar-refractivity contribution < 1.29 is 14.6 Å². The Bertz CT molecular complexity index is 640. The predicted octanol–water partition coefficient (Wildman–Crippen LogP) is 2.93. The fourth-order valence-corrected chi connectivity index (χ4v) is 2.88. The molecule has 1 N–H and O–H groups in total. The molecule has 0 spiro atoms. The van der Waals surface area contributed by atoms with Crippen molar-refractivity contribution in [2.24, 2.45) is 0 Å². The molecule has 0 fully saturated rings. The molecule has 0 aliphatic carbocycles. The first-order valence-electron chi connectivity index (χ1n) is 6.50. The predicted molar refractivity (Wildman–Crippen MR) is 83.1 cm³/mol. The van der Waals surface area contributed by atoms with E-state index in [2.05, 4.69) is 24.0 Å². The fourth-order valence-electron chi connectivity index (χ4n) is 2.01. The van der Waals surface area contributed by atoms with Crippen LogP contribution in [-0.2, 0) is 17.9 Å². The standard InChI is InChI=1S/C15H18N2O3S/c1-10-6-4-5-7-11(10)8-17(2)15-16-12(9-20-3)13(21-15)14(18)19/h4-7H,8-9H2,1-3H3,(H,18,19). The van der Waals surface area contributed by atoms with Crippen molar-refractivity contribution in [3.8, 4) is 0 Å². The SMILES string of the molecule is COCc1nc(N(C)Cc2ccccc2C)sc1C(=O)O. The third kappa shape index (κ3) is 3.59. The van der Waals surface area contributed by atoms with Crippen molar-refractivity contribution >= 4 is 22.4 Å². The molecule has 0 saturated heterocycles. The first-order valence-corrected chi connectivity index (χ1v) is 7.32. The lowest BCUT2D eigenvalue weighted by molar-refractivity contribution is 0.0697. The minimum absolute atomic E-state index is 0.205. The smallest absolute Gasteiger partial charge is 0.347 e. The van der Waals surface area contributed by atoms with Crippen molar-refractivity contribution in [1.82, 2.24) is 4.98 Å². The van der Waals surface area contributed by atoms with Gasteiger partial charge in [0.25, 0.3) is 0 Å². The maximum absolute atomic E-state index is 11.2. The van der Waals surface area contributed by atoms with Gasteiger partial charge in [0.2, 0.25) is 0 Å². The highest BCUT2D eigenvalue weighted by atomic mass is 32.1. The van der Waals surface area contributed by atoms with Crippen LogP contribution in [0.1, 0.15) is 26.5 Å². The second-order valence-electron chi connectivity index (χ2n) is 4.79. The van der Waals surface area contributed by atoms with Gasteiger partial charge in [-0.3, -0.25) is 0 Å². The first-order chi connectivity index (χ1) is 10.0. The van der Waals surface area contributed by atoms with Crippen LogP contribution in [0, 0.1) is 6.92 Å². The van der Waals surface area contributed by atoms with Crippen molar-refractivity contribution in [1.29, 1.82) is 0 Å². The number of benzene rings is 1. The Hall–Kier alpha value is -1.92. The first kappa shape index (κ1) is 15.5. The number of thiazole rings is 1. The van der Waals surface area contributed by atoms with Crippen LogP contribution in [0.5, 0.6) is 0 Å². The van der Waals surface area contributed by atoms with E-state index in [0.29, 0.717) is 17.4 Å². The third-order valence-corrected chi connectivity index (χ3v) is 4.36. The zero-order valence-corrected chi connectivity index (χ0v) is 13.1. The average molecular weight is 306 g/mol. The largest absolute Gasteiger partial charge is 0.477 e.